The molecule has 25 heteroatoms. The summed E-state index contributed by atoms with van der Waals surface area (Å²) in [4.78, 5) is 139. The number of phenols is 1. The van der Waals surface area contributed by atoms with E-state index in [0.29, 0.717) is 18.4 Å². The van der Waals surface area contributed by atoms with E-state index in [9.17, 15) is 58.2 Å². The number of guanidine groups is 1. The van der Waals surface area contributed by atoms with Gasteiger partial charge in [0.2, 0.25) is 53.2 Å². The Balaban J connectivity index is 2.40. The number of carbonyl (C=O) groups is 10. The van der Waals surface area contributed by atoms with Crippen LogP contribution >= 0.6 is 0 Å². The fourth-order valence-electron chi connectivity index (χ4n) is 8.01. The third kappa shape index (κ3) is 21.6. The summed E-state index contributed by atoms with van der Waals surface area (Å²) in [6.45, 7) is 14.0. The van der Waals surface area contributed by atoms with E-state index in [-0.39, 0.29) is 81.1 Å². The highest BCUT2D eigenvalue weighted by Gasteiger charge is 2.41. The van der Waals surface area contributed by atoms with Gasteiger partial charge in [-0.2, -0.15) is 0 Å². The molecular formula is C49H81N13O12. The maximum absolute atomic E-state index is 14.5. The molecule has 0 radical (unpaired) electrons. The monoisotopic (exact) mass is 1040 g/mol. The van der Waals surface area contributed by atoms with Gasteiger partial charge in [-0.1, -0.05) is 73.9 Å². The Labute approximate surface area is 432 Å². The molecule has 414 valence electrons. The lowest BCUT2D eigenvalue weighted by Gasteiger charge is -2.32. The van der Waals surface area contributed by atoms with Crippen molar-refractivity contribution in [2.75, 3.05) is 19.6 Å². The number of hydrogen-bond acceptors (Lipinski definition) is 13. The molecule has 1 aliphatic heterocycles. The fraction of sp³-hybridized carbons (Fsp3) is 0.653. The van der Waals surface area contributed by atoms with E-state index < -0.39 is 126 Å². The Morgan fingerprint density at radius 1 is 0.716 bits per heavy atom. The van der Waals surface area contributed by atoms with E-state index in [4.69, 9.17) is 22.9 Å². The predicted octanol–water partition coefficient (Wildman–Crippen LogP) is -1.91. The van der Waals surface area contributed by atoms with E-state index in [0.717, 1.165) is 0 Å². The molecule has 1 fully saturated rings. The number of aliphatic carboxylic acids is 1. The van der Waals surface area contributed by atoms with Crippen molar-refractivity contribution in [3.63, 3.8) is 0 Å². The quantitative estimate of drug-likeness (QED) is 0.0219. The first kappa shape index (κ1) is 63.1. The van der Waals surface area contributed by atoms with Crippen molar-refractivity contribution < 1.29 is 58.2 Å². The second-order valence-electron chi connectivity index (χ2n) is 20.0. The number of rotatable bonds is 31. The van der Waals surface area contributed by atoms with E-state index in [1.807, 2.05) is 27.7 Å². The van der Waals surface area contributed by atoms with Crippen LogP contribution in [-0.2, 0) is 54.4 Å². The lowest BCUT2D eigenvalue weighted by molar-refractivity contribution is -0.144. The summed E-state index contributed by atoms with van der Waals surface area (Å²) in [6.07, 6.45) is 0.350. The maximum Gasteiger partial charge on any atom is 0.326 e. The molecule has 0 unspecified atom stereocenters. The van der Waals surface area contributed by atoms with Gasteiger partial charge < -0.3 is 75.3 Å². The lowest BCUT2D eigenvalue weighted by Crippen LogP contribution is -2.61. The highest BCUT2D eigenvalue weighted by atomic mass is 16.4. The van der Waals surface area contributed by atoms with Crippen LogP contribution in [0.4, 0.5) is 0 Å². The Bertz CT molecular complexity index is 2130. The van der Waals surface area contributed by atoms with Crippen molar-refractivity contribution in [2.24, 2.45) is 51.6 Å². The van der Waals surface area contributed by atoms with Crippen LogP contribution in [0.3, 0.4) is 0 Å². The standard InChI is InChI=1S/C49H81N13O12/c1-9-28(8)40(61-38(65)24-55-45(70)39(51)27(6)7)46(71)59-33(22-29-14-16-30(63)17-15-29)42(67)57-32(20-25(2)3)41(66)60-35(21-26(4)5)47(72)62-19-11-13-36(62)44(69)58-34(23-37(50)64)43(68)56-31(48(73)74)12-10-18-54-49(52)53/h14-17,25-28,31-36,39-40,63H,9-13,18-24,51H2,1-8H3,(H2,50,64)(H,55,70)(H,56,68)(H,57,67)(H,58,69)(H,59,71)(H,60,66)(H,61,65)(H,73,74)(H4,52,53,54)/t28-,31-,32-,33-,34-,35-,36-,39-,40-/m0/s1. The minimum atomic E-state index is -1.61. The summed E-state index contributed by atoms with van der Waals surface area (Å²) in [5.74, 6) is -9.59. The summed E-state index contributed by atoms with van der Waals surface area (Å²) >= 11 is 0. The fourth-order valence-corrected chi connectivity index (χ4v) is 8.01. The van der Waals surface area contributed by atoms with Gasteiger partial charge in [0.25, 0.3) is 0 Å². The number of nitrogens with two attached hydrogens (primary N) is 4. The second-order valence-corrected chi connectivity index (χ2v) is 20.0. The number of hydrogen-bond donors (Lipinski definition) is 13. The summed E-state index contributed by atoms with van der Waals surface area (Å²) in [6, 6.07) is -4.17. The maximum atomic E-state index is 14.5. The van der Waals surface area contributed by atoms with Crippen LogP contribution in [0.2, 0.25) is 0 Å². The van der Waals surface area contributed by atoms with Gasteiger partial charge in [-0.3, -0.25) is 48.1 Å². The molecule has 1 aliphatic rings. The number of carboxylic acid groups (broad SMARTS) is 1. The summed E-state index contributed by atoms with van der Waals surface area (Å²) < 4.78 is 0. The van der Waals surface area contributed by atoms with E-state index in [1.165, 1.54) is 17.0 Å². The van der Waals surface area contributed by atoms with Crippen molar-refractivity contribution in [2.45, 2.75) is 162 Å². The van der Waals surface area contributed by atoms with Crippen molar-refractivity contribution in [3.05, 3.63) is 29.8 Å². The molecule has 1 aromatic carbocycles. The Morgan fingerprint density at radius 2 is 1.27 bits per heavy atom. The molecule has 0 bridgehead atoms. The molecule has 9 amide bonds. The number of nitrogens with zero attached hydrogens (tertiary/aromatic N) is 2. The number of primary amides is 1. The van der Waals surface area contributed by atoms with Gasteiger partial charge in [0.05, 0.1) is 19.0 Å². The van der Waals surface area contributed by atoms with Gasteiger partial charge >= 0.3 is 5.97 Å². The Hall–Kier alpha value is -7.05. The summed E-state index contributed by atoms with van der Waals surface area (Å²) in [5, 5.41) is 37.9. The molecule has 0 aliphatic carbocycles. The average molecular weight is 1040 g/mol. The molecule has 74 heavy (non-hydrogen) atoms. The van der Waals surface area contributed by atoms with E-state index in [1.54, 1.807) is 39.8 Å². The van der Waals surface area contributed by atoms with Crippen molar-refractivity contribution >= 4 is 65.1 Å². The molecule has 0 spiro atoms. The van der Waals surface area contributed by atoms with Crippen molar-refractivity contribution in [1.29, 1.82) is 0 Å². The summed E-state index contributed by atoms with van der Waals surface area (Å²) in [5.41, 5.74) is 22.5. The van der Waals surface area contributed by atoms with E-state index in [2.05, 4.69) is 42.2 Å². The zero-order chi connectivity index (χ0) is 56.0. The number of aromatic hydroxyl groups is 1. The van der Waals surface area contributed by atoms with Gasteiger partial charge in [-0.25, -0.2) is 4.79 Å². The third-order valence-corrected chi connectivity index (χ3v) is 12.4. The van der Waals surface area contributed by atoms with Crippen LogP contribution in [0.25, 0.3) is 0 Å². The second kappa shape index (κ2) is 30.9. The minimum Gasteiger partial charge on any atom is -0.508 e. The SMILES string of the molecule is CC[C@H](C)[C@H](NC(=O)CNC(=O)[C@@H](N)C(C)C)C(=O)N[C@@H](Cc1ccc(O)cc1)C(=O)N[C@@H](CC(C)C)C(=O)N[C@@H](CC(C)C)C(=O)N1CCC[C@H]1C(=O)N[C@@H](CC(N)=O)C(=O)N[C@@H](CCCN=C(N)N)C(=O)O. The van der Waals surface area contributed by atoms with Crippen LogP contribution in [0, 0.1) is 23.7 Å². The van der Waals surface area contributed by atoms with Gasteiger partial charge in [-0.15, -0.1) is 0 Å². The Kier molecular flexibility index (Phi) is 26.3. The van der Waals surface area contributed by atoms with Crippen LogP contribution in [0.1, 0.15) is 112 Å². The number of phenolic OH excluding ortho intramolecular Hbond substituents is 1. The van der Waals surface area contributed by atoms with Crippen LogP contribution < -0.4 is 60.2 Å². The minimum absolute atomic E-state index is 0.0466. The number of amides is 9. The molecule has 2 rings (SSSR count). The molecular weight excluding hydrogens is 963 g/mol. The van der Waals surface area contributed by atoms with Crippen LogP contribution in [0.5, 0.6) is 5.75 Å². The number of carboxylic acids is 1. The molecule has 17 N–H and O–H groups in total. The first-order valence-corrected chi connectivity index (χ1v) is 25.1. The Morgan fingerprint density at radius 3 is 1.82 bits per heavy atom. The zero-order valence-electron chi connectivity index (χ0n) is 43.9. The van der Waals surface area contributed by atoms with Crippen molar-refractivity contribution in [1.82, 2.24) is 42.1 Å². The largest absolute Gasteiger partial charge is 0.508 e. The molecule has 0 aromatic heterocycles. The molecule has 25 nitrogen and oxygen atoms in total. The molecule has 1 heterocycles. The number of benzene rings is 1. The van der Waals surface area contributed by atoms with Gasteiger partial charge in [0.1, 0.15) is 48.0 Å². The third-order valence-electron chi connectivity index (χ3n) is 12.4. The highest BCUT2D eigenvalue weighted by Crippen LogP contribution is 2.22. The van der Waals surface area contributed by atoms with Gasteiger partial charge in [-0.05, 0) is 79.9 Å². The summed E-state index contributed by atoms with van der Waals surface area (Å²) in [7, 11) is 0. The smallest absolute Gasteiger partial charge is 0.326 e. The van der Waals surface area contributed by atoms with Crippen LogP contribution in [0.15, 0.2) is 29.3 Å². The molecule has 0 saturated carbocycles. The first-order chi connectivity index (χ1) is 34.6. The normalized spacial score (nSPS) is 16.5. The first-order valence-electron chi connectivity index (χ1n) is 25.1. The molecule has 1 saturated heterocycles. The van der Waals surface area contributed by atoms with E-state index >= 15 is 0 Å². The highest BCUT2D eigenvalue weighted by molar-refractivity contribution is 5.99. The molecule has 9 atom stereocenters. The number of carbonyl (C=O) groups excluding carboxylic acids is 9. The van der Waals surface area contributed by atoms with Crippen LogP contribution in [-0.4, -0.2) is 148 Å². The predicted molar refractivity (Wildman–Crippen MR) is 274 cm³/mol. The molecule has 1 aromatic rings. The van der Waals surface area contributed by atoms with Gasteiger partial charge in [0, 0.05) is 19.5 Å². The zero-order valence-corrected chi connectivity index (χ0v) is 43.9. The van der Waals surface area contributed by atoms with Gasteiger partial charge in [0.15, 0.2) is 5.96 Å². The topological polar surface area (TPSA) is 415 Å². The number of nitrogens with one attached hydrogen (secondary N) is 7. The average Bonchev–Trinajstić information content (AvgIpc) is 3.82. The lowest BCUT2D eigenvalue weighted by atomic mass is 9.96. The van der Waals surface area contributed by atoms with Crippen molar-refractivity contribution in [3.8, 4) is 5.75 Å². The number of likely N-dealkylation sites (tertiary alicyclic amines) is 1. The number of aliphatic imine (C=N–C) groups is 1.